The Labute approximate surface area is 410 Å². The molecule has 9 aromatic carbocycles. The summed E-state index contributed by atoms with van der Waals surface area (Å²) in [6.07, 6.45) is 0. The predicted octanol–water partition coefficient (Wildman–Crippen LogP) is 15.4. The molecule has 0 saturated heterocycles. The lowest BCUT2D eigenvalue weighted by molar-refractivity contribution is 1.13. The van der Waals surface area contributed by atoms with Crippen molar-refractivity contribution in [3.8, 4) is 108 Å². The number of hydrogen-bond acceptors (Lipinski definition) is 6. The van der Waals surface area contributed by atoms with Gasteiger partial charge in [-0.1, -0.05) is 176 Å². The monoisotopic (exact) mass is 905 g/mol. The van der Waals surface area contributed by atoms with Gasteiger partial charge in [0.25, 0.3) is 0 Å². The SMILES string of the molecule is N#Cc1cccc(-c2ccc3c4ccc(-c5cccc(C#N)c5)cc4n(-c4ccc(-c5cc(-c6ccccc6)nc(-c6ccccc6)n5)cc4-c4nc(-c5ccccc5)cc(-c5ccccc5)n4)c3c2)c1. The summed E-state index contributed by atoms with van der Waals surface area (Å²) in [5.41, 5.74) is 16.3. The highest BCUT2D eigenvalue weighted by atomic mass is 15.0. The summed E-state index contributed by atoms with van der Waals surface area (Å²) in [6, 6.07) is 84.4. The van der Waals surface area contributed by atoms with Crippen molar-refractivity contribution in [2.45, 2.75) is 0 Å². The van der Waals surface area contributed by atoms with Crippen LogP contribution in [0.1, 0.15) is 11.1 Å². The minimum Gasteiger partial charge on any atom is -0.308 e. The van der Waals surface area contributed by atoms with Crippen LogP contribution in [0.15, 0.2) is 237 Å². The van der Waals surface area contributed by atoms with Gasteiger partial charge in [-0.3, -0.25) is 0 Å². The van der Waals surface area contributed by atoms with Crippen LogP contribution in [-0.4, -0.2) is 24.5 Å². The lowest BCUT2D eigenvalue weighted by Crippen LogP contribution is -2.03. The van der Waals surface area contributed by atoms with Crippen molar-refractivity contribution in [2.24, 2.45) is 0 Å². The van der Waals surface area contributed by atoms with E-state index in [4.69, 9.17) is 19.9 Å². The van der Waals surface area contributed by atoms with Crippen molar-refractivity contribution in [3.05, 3.63) is 248 Å². The van der Waals surface area contributed by atoms with Crippen molar-refractivity contribution in [3.63, 3.8) is 0 Å². The van der Waals surface area contributed by atoms with Crippen LogP contribution in [0.2, 0.25) is 0 Å². The molecule has 71 heavy (non-hydrogen) atoms. The standard InChI is InChI=1S/C64H39N7/c65-40-42-15-13-25-48(33-42)50-27-30-53-54-31-28-51(49-26-14-16-43(34-49)41-66)37-62(54)71(61(53)36-50)60-32-29-52(59-39-56(44-17-5-1-6-18-44)67-63(68-59)47-23-11-4-12-24-47)35-55(60)64-69-57(45-19-7-2-8-20-45)38-58(70-64)46-21-9-3-10-22-46/h1-39H. The molecule has 3 aromatic heterocycles. The first-order valence-electron chi connectivity index (χ1n) is 23.3. The van der Waals surface area contributed by atoms with E-state index in [-0.39, 0.29) is 0 Å². The molecule has 0 saturated carbocycles. The molecule has 0 atom stereocenters. The van der Waals surface area contributed by atoms with Gasteiger partial charge >= 0.3 is 0 Å². The highest BCUT2D eigenvalue weighted by molar-refractivity contribution is 6.11. The third-order valence-electron chi connectivity index (χ3n) is 12.9. The zero-order valence-electron chi connectivity index (χ0n) is 38.1. The highest BCUT2D eigenvalue weighted by Gasteiger charge is 2.22. The topological polar surface area (TPSA) is 104 Å². The normalized spacial score (nSPS) is 11.1. The minimum absolute atomic E-state index is 0.536. The lowest BCUT2D eigenvalue weighted by atomic mass is 10.0. The Morgan fingerprint density at radius 2 is 0.676 bits per heavy atom. The molecule has 0 bridgehead atoms. The summed E-state index contributed by atoms with van der Waals surface area (Å²) in [7, 11) is 0. The molecule has 0 aliphatic carbocycles. The first kappa shape index (κ1) is 42.3. The van der Waals surface area contributed by atoms with Gasteiger partial charge in [0.15, 0.2) is 11.6 Å². The third-order valence-corrected chi connectivity index (χ3v) is 12.9. The molecule has 0 radical (unpaired) electrons. The maximum absolute atomic E-state index is 9.90. The van der Waals surface area contributed by atoms with Crippen LogP contribution in [0.5, 0.6) is 0 Å². The van der Waals surface area contributed by atoms with Gasteiger partial charge in [0.1, 0.15) is 0 Å². The highest BCUT2D eigenvalue weighted by Crippen LogP contribution is 2.42. The van der Waals surface area contributed by atoms with Crippen LogP contribution in [-0.2, 0) is 0 Å². The van der Waals surface area contributed by atoms with Crippen LogP contribution in [0, 0.1) is 22.7 Å². The molecule has 0 aliphatic heterocycles. The van der Waals surface area contributed by atoms with E-state index in [2.05, 4.69) is 120 Å². The number of rotatable bonds is 9. The van der Waals surface area contributed by atoms with Crippen molar-refractivity contribution < 1.29 is 0 Å². The Morgan fingerprint density at radius 3 is 1.13 bits per heavy atom. The molecule has 0 N–H and O–H groups in total. The van der Waals surface area contributed by atoms with Gasteiger partial charge in [0, 0.05) is 44.2 Å². The van der Waals surface area contributed by atoms with Crippen molar-refractivity contribution in [2.75, 3.05) is 0 Å². The summed E-state index contributed by atoms with van der Waals surface area (Å²) in [6.45, 7) is 0. The number of benzene rings is 9. The van der Waals surface area contributed by atoms with Crippen molar-refractivity contribution >= 4 is 21.8 Å². The van der Waals surface area contributed by atoms with Gasteiger partial charge < -0.3 is 4.57 Å². The van der Waals surface area contributed by atoms with Crippen LogP contribution >= 0.6 is 0 Å². The minimum atomic E-state index is 0.536. The first-order chi connectivity index (χ1) is 35.1. The smallest absolute Gasteiger partial charge is 0.162 e. The van der Waals surface area contributed by atoms with Crippen molar-refractivity contribution in [1.82, 2.24) is 24.5 Å². The molecule has 12 rings (SSSR count). The Balaban J connectivity index is 1.18. The molecule has 12 aromatic rings. The van der Waals surface area contributed by atoms with E-state index in [1.807, 2.05) is 133 Å². The quantitative estimate of drug-likeness (QED) is 0.143. The van der Waals surface area contributed by atoms with Crippen LogP contribution in [0.4, 0.5) is 0 Å². The van der Waals surface area contributed by atoms with Crippen LogP contribution in [0.3, 0.4) is 0 Å². The van der Waals surface area contributed by atoms with Gasteiger partial charge in [0.05, 0.1) is 62.8 Å². The summed E-state index contributed by atoms with van der Waals surface area (Å²) in [5.74, 6) is 1.15. The predicted molar refractivity (Wildman–Crippen MR) is 285 cm³/mol. The summed E-state index contributed by atoms with van der Waals surface area (Å²) in [5, 5.41) is 21.9. The Morgan fingerprint density at radius 1 is 0.296 bits per heavy atom. The number of fused-ring (bicyclic) bond motifs is 3. The molecule has 0 unspecified atom stereocenters. The van der Waals surface area contributed by atoms with Crippen LogP contribution < -0.4 is 0 Å². The zero-order valence-corrected chi connectivity index (χ0v) is 38.1. The molecular formula is C64H39N7. The number of nitriles is 2. The molecule has 0 amide bonds. The second kappa shape index (κ2) is 18.2. The van der Waals surface area contributed by atoms with E-state index in [1.165, 1.54) is 0 Å². The third kappa shape index (κ3) is 8.16. The fourth-order valence-electron chi connectivity index (χ4n) is 9.39. The Bertz CT molecular complexity index is 3830. The Hall–Kier alpha value is -10.1. The second-order valence-electron chi connectivity index (χ2n) is 17.3. The summed E-state index contributed by atoms with van der Waals surface area (Å²) < 4.78 is 2.31. The molecule has 0 fully saturated rings. The van der Waals surface area contributed by atoms with E-state index in [0.717, 1.165) is 106 Å². The molecule has 330 valence electrons. The maximum Gasteiger partial charge on any atom is 0.162 e. The average molecular weight is 906 g/mol. The number of aromatic nitrogens is 5. The molecular weight excluding hydrogens is 867 g/mol. The van der Waals surface area contributed by atoms with E-state index in [9.17, 15) is 10.5 Å². The number of nitrogens with zero attached hydrogens (tertiary/aromatic N) is 7. The molecule has 0 spiro atoms. The van der Waals surface area contributed by atoms with Gasteiger partial charge in [-0.25, -0.2) is 19.9 Å². The first-order valence-corrected chi connectivity index (χ1v) is 23.3. The van der Waals surface area contributed by atoms with Crippen molar-refractivity contribution in [1.29, 1.82) is 10.5 Å². The summed E-state index contributed by atoms with van der Waals surface area (Å²) in [4.78, 5) is 21.3. The fourth-order valence-corrected chi connectivity index (χ4v) is 9.39. The molecule has 0 aliphatic rings. The van der Waals surface area contributed by atoms with E-state index >= 15 is 0 Å². The lowest BCUT2D eigenvalue weighted by Gasteiger charge is -2.17. The van der Waals surface area contributed by atoms with E-state index < -0.39 is 0 Å². The van der Waals surface area contributed by atoms with E-state index in [0.29, 0.717) is 22.8 Å². The fraction of sp³-hybridized carbons (Fsp3) is 0. The number of hydrogen-bond donors (Lipinski definition) is 0. The summed E-state index contributed by atoms with van der Waals surface area (Å²) >= 11 is 0. The van der Waals surface area contributed by atoms with Gasteiger partial charge in [0.2, 0.25) is 0 Å². The Kier molecular flexibility index (Phi) is 10.8. The second-order valence-corrected chi connectivity index (χ2v) is 17.3. The molecule has 7 heteroatoms. The van der Waals surface area contributed by atoms with Gasteiger partial charge in [-0.15, -0.1) is 0 Å². The average Bonchev–Trinajstić information content (AvgIpc) is 3.78. The zero-order chi connectivity index (χ0) is 47.7. The molecule has 3 heterocycles. The molecule has 7 nitrogen and oxygen atoms in total. The maximum atomic E-state index is 9.90. The van der Waals surface area contributed by atoms with Gasteiger partial charge in [-0.2, -0.15) is 10.5 Å². The largest absolute Gasteiger partial charge is 0.308 e. The van der Waals surface area contributed by atoms with E-state index in [1.54, 1.807) is 0 Å². The van der Waals surface area contributed by atoms with Gasteiger partial charge in [-0.05, 0) is 82.9 Å². The van der Waals surface area contributed by atoms with Crippen LogP contribution in [0.25, 0.3) is 118 Å².